The molecule has 1 aromatic heterocycles. The van der Waals surface area contributed by atoms with Crippen LogP contribution in [0, 0.1) is 0 Å². The fourth-order valence-electron chi connectivity index (χ4n) is 0.944. The van der Waals surface area contributed by atoms with E-state index < -0.39 is 5.97 Å². The van der Waals surface area contributed by atoms with E-state index in [0.29, 0.717) is 5.56 Å². The number of carboxylic acid groups (broad SMARTS) is 1. The van der Waals surface area contributed by atoms with Gasteiger partial charge in [-0.05, 0) is 20.2 Å². The summed E-state index contributed by atoms with van der Waals surface area (Å²) in [7, 11) is 4.00. The van der Waals surface area contributed by atoms with Crippen molar-refractivity contribution in [3.63, 3.8) is 0 Å². The van der Waals surface area contributed by atoms with Crippen molar-refractivity contribution in [2.45, 2.75) is 0 Å². The van der Waals surface area contributed by atoms with E-state index in [9.17, 15) is 4.79 Å². The lowest BCUT2D eigenvalue weighted by molar-refractivity contribution is 0.0697. The first-order chi connectivity index (χ1) is 6.59. The predicted molar refractivity (Wildman–Crippen MR) is 58.3 cm³/mol. The van der Waals surface area contributed by atoms with Crippen LogP contribution in [-0.4, -0.2) is 43.2 Å². The second kappa shape index (κ2) is 4.97. The van der Waals surface area contributed by atoms with Crippen molar-refractivity contribution in [3.05, 3.63) is 17.0 Å². The Morgan fingerprint density at radius 2 is 2.36 bits per heavy atom. The van der Waals surface area contributed by atoms with E-state index in [2.05, 4.69) is 10.2 Å². The lowest BCUT2D eigenvalue weighted by atomic mass is 10.3. The van der Waals surface area contributed by atoms with Crippen LogP contribution in [-0.2, 0) is 0 Å². The molecule has 4 nitrogen and oxygen atoms in total. The molecule has 5 heteroatoms. The number of carbonyl (C=O) groups is 1. The van der Waals surface area contributed by atoms with Crippen LogP contribution in [0.1, 0.15) is 10.4 Å². The number of likely N-dealkylation sites (N-methyl/N-ethyl adjacent to an activating group) is 1. The van der Waals surface area contributed by atoms with Crippen molar-refractivity contribution in [2.24, 2.45) is 0 Å². The minimum atomic E-state index is -0.873. The number of anilines is 1. The zero-order valence-corrected chi connectivity index (χ0v) is 9.10. The number of thiophene rings is 1. The van der Waals surface area contributed by atoms with Crippen molar-refractivity contribution in [1.29, 1.82) is 0 Å². The van der Waals surface area contributed by atoms with Gasteiger partial charge in [-0.25, -0.2) is 4.79 Å². The predicted octanol–water partition coefficient (Wildman–Crippen LogP) is 1.42. The van der Waals surface area contributed by atoms with Gasteiger partial charge < -0.3 is 15.3 Å². The topological polar surface area (TPSA) is 52.6 Å². The molecule has 0 aliphatic heterocycles. The molecule has 0 bridgehead atoms. The monoisotopic (exact) mass is 214 g/mol. The quantitative estimate of drug-likeness (QED) is 0.778. The zero-order chi connectivity index (χ0) is 10.6. The van der Waals surface area contributed by atoms with Gasteiger partial charge in [-0.3, -0.25) is 0 Å². The average Bonchev–Trinajstić information content (AvgIpc) is 2.52. The Morgan fingerprint density at radius 3 is 2.86 bits per heavy atom. The number of aromatic carboxylic acids is 1. The Kier molecular flexibility index (Phi) is 3.91. The Labute approximate surface area is 87.2 Å². The van der Waals surface area contributed by atoms with Gasteiger partial charge in [0.2, 0.25) is 0 Å². The maximum atomic E-state index is 10.6. The summed E-state index contributed by atoms with van der Waals surface area (Å²) in [6, 6.07) is 1.66. The first kappa shape index (κ1) is 11.0. The van der Waals surface area contributed by atoms with Crippen LogP contribution in [0.5, 0.6) is 0 Å². The van der Waals surface area contributed by atoms with E-state index in [0.717, 1.165) is 18.1 Å². The van der Waals surface area contributed by atoms with Gasteiger partial charge >= 0.3 is 5.97 Å². The van der Waals surface area contributed by atoms with Crippen molar-refractivity contribution in [1.82, 2.24) is 4.90 Å². The largest absolute Gasteiger partial charge is 0.478 e. The van der Waals surface area contributed by atoms with Gasteiger partial charge in [0.15, 0.2) is 0 Å². The van der Waals surface area contributed by atoms with Crippen LogP contribution in [0.15, 0.2) is 11.4 Å². The number of rotatable bonds is 5. The third-order valence-electron chi connectivity index (χ3n) is 1.70. The lowest BCUT2D eigenvalue weighted by Crippen LogP contribution is -2.20. The van der Waals surface area contributed by atoms with Crippen LogP contribution in [0.3, 0.4) is 0 Å². The third-order valence-corrected chi connectivity index (χ3v) is 2.59. The van der Waals surface area contributed by atoms with Gasteiger partial charge in [0.05, 0.1) is 10.6 Å². The maximum absolute atomic E-state index is 10.6. The van der Waals surface area contributed by atoms with E-state index in [4.69, 9.17) is 5.11 Å². The summed E-state index contributed by atoms with van der Waals surface area (Å²) in [6.45, 7) is 1.76. The Hall–Kier alpha value is -1.07. The van der Waals surface area contributed by atoms with Crippen LogP contribution in [0.2, 0.25) is 0 Å². The molecule has 0 aliphatic carbocycles. The highest BCUT2D eigenvalue weighted by atomic mass is 32.1. The molecule has 0 saturated carbocycles. The van der Waals surface area contributed by atoms with Crippen molar-refractivity contribution in [2.75, 3.05) is 32.5 Å². The molecular weight excluding hydrogens is 200 g/mol. The van der Waals surface area contributed by atoms with E-state index >= 15 is 0 Å². The summed E-state index contributed by atoms with van der Waals surface area (Å²) in [5.41, 5.74) is 0.349. The van der Waals surface area contributed by atoms with Crippen molar-refractivity contribution < 1.29 is 9.90 Å². The summed E-state index contributed by atoms with van der Waals surface area (Å²) in [5.74, 6) is -0.873. The number of carboxylic acids is 1. The molecule has 0 aromatic carbocycles. The van der Waals surface area contributed by atoms with Gasteiger partial charge in [0.25, 0.3) is 0 Å². The second-order valence-corrected chi connectivity index (χ2v) is 4.15. The molecule has 0 unspecified atom stereocenters. The molecule has 0 radical (unpaired) electrons. The number of nitrogens with zero attached hydrogens (tertiary/aromatic N) is 1. The Morgan fingerprint density at radius 1 is 1.64 bits per heavy atom. The number of nitrogens with one attached hydrogen (secondary N) is 1. The zero-order valence-electron chi connectivity index (χ0n) is 8.28. The molecule has 0 amide bonds. The summed E-state index contributed by atoms with van der Waals surface area (Å²) < 4.78 is 0. The molecule has 2 N–H and O–H groups in total. The normalized spacial score (nSPS) is 10.5. The molecule has 0 aliphatic rings. The standard InChI is InChI=1S/C9H14N2O2S/c1-11(2)4-3-10-8-5-7(6-14-8)9(12)13/h5-6,10H,3-4H2,1-2H3,(H,12,13). The van der Waals surface area contributed by atoms with Crippen molar-refractivity contribution >= 4 is 22.3 Å². The molecule has 78 valence electrons. The molecule has 1 aromatic rings. The first-order valence-electron chi connectivity index (χ1n) is 4.30. The van der Waals surface area contributed by atoms with E-state index in [1.54, 1.807) is 11.4 Å². The Bertz CT molecular complexity index is 310. The Balaban J connectivity index is 2.40. The fourth-order valence-corrected chi connectivity index (χ4v) is 1.75. The summed E-state index contributed by atoms with van der Waals surface area (Å²) >= 11 is 1.42. The lowest BCUT2D eigenvalue weighted by Gasteiger charge is -2.09. The third kappa shape index (κ3) is 3.35. The molecule has 14 heavy (non-hydrogen) atoms. The average molecular weight is 214 g/mol. The second-order valence-electron chi connectivity index (χ2n) is 3.23. The van der Waals surface area contributed by atoms with E-state index in [1.807, 2.05) is 14.1 Å². The molecule has 0 atom stereocenters. The minimum Gasteiger partial charge on any atom is -0.478 e. The minimum absolute atomic E-state index is 0.349. The SMILES string of the molecule is CN(C)CCNc1cc(C(=O)O)cs1. The molecule has 1 rings (SSSR count). The van der Waals surface area contributed by atoms with E-state index in [-0.39, 0.29) is 0 Å². The highest BCUT2D eigenvalue weighted by Crippen LogP contribution is 2.19. The molecule has 0 saturated heterocycles. The van der Waals surface area contributed by atoms with Crippen LogP contribution in [0.25, 0.3) is 0 Å². The molecule has 0 fully saturated rings. The summed E-state index contributed by atoms with van der Waals surface area (Å²) in [4.78, 5) is 12.6. The maximum Gasteiger partial charge on any atom is 0.336 e. The van der Waals surface area contributed by atoms with Gasteiger partial charge in [-0.15, -0.1) is 11.3 Å². The first-order valence-corrected chi connectivity index (χ1v) is 5.18. The van der Waals surface area contributed by atoms with Crippen molar-refractivity contribution in [3.8, 4) is 0 Å². The van der Waals surface area contributed by atoms with Gasteiger partial charge in [0.1, 0.15) is 0 Å². The fraction of sp³-hybridized carbons (Fsp3) is 0.444. The van der Waals surface area contributed by atoms with Gasteiger partial charge in [-0.1, -0.05) is 0 Å². The van der Waals surface area contributed by atoms with E-state index in [1.165, 1.54) is 11.3 Å². The molecule has 0 spiro atoms. The van der Waals surface area contributed by atoms with Crippen LogP contribution < -0.4 is 5.32 Å². The summed E-state index contributed by atoms with van der Waals surface area (Å²) in [6.07, 6.45) is 0. The van der Waals surface area contributed by atoms with Gasteiger partial charge in [-0.2, -0.15) is 0 Å². The molecular formula is C9H14N2O2S. The number of hydrogen-bond donors (Lipinski definition) is 2. The van der Waals surface area contributed by atoms with Crippen LogP contribution >= 0.6 is 11.3 Å². The smallest absolute Gasteiger partial charge is 0.336 e. The molecule has 1 heterocycles. The highest BCUT2D eigenvalue weighted by molar-refractivity contribution is 7.14. The highest BCUT2D eigenvalue weighted by Gasteiger charge is 2.05. The summed E-state index contributed by atoms with van der Waals surface area (Å²) in [5, 5.41) is 14.4. The number of hydrogen-bond acceptors (Lipinski definition) is 4. The van der Waals surface area contributed by atoms with Crippen LogP contribution in [0.4, 0.5) is 5.00 Å². The van der Waals surface area contributed by atoms with Gasteiger partial charge in [0, 0.05) is 18.5 Å².